The van der Waals surface area contributed by atoms with E-state index in [1.54, 1.807) is 0 Å². The highest BCUT2D eigenvalue weighted by atomic mass is 16.4. The number of aliphatic carboxylic acids is 1. The van der Waals surface area contributed by atoms with Gasteiger partial charge < -0.3 is 5.11 Å². The standard InChI is InChI=1S/C26H46O2/c1-2-3-4-5-6-7-8-9-10-11-12-13-14-15-16-17-18-19-20-21-22-23-24-25-26(27)28/h9-10,12-13,15-16H,2-8,11,14,17-25H2,1H3,(H,27,28). The average molecular weight is 391 g/mol. The Bertz CT molecular complexity index is 407. The first-order valence-electron chi connectivity index (χ1n) is 11.9. The van der Waals surface area contributed by atoms with Crippen LogP contribution in [0.3, 0.4) is 0 Å². The minimum Gasteiger partial charge on any atom is -0.481 e. The van der Waals surface area contributed by atoms with Crippen LogP contribution in [0.25, 0.3) is 0 Å². The lowest BCUT2D eigenvalue weighted by atomic mass is 10.1. The molecular weight excluding hydrogens is 344 g/mol. The molecule has 28 heavy (non-hydrogen) atoms. The van der Waals surface area contributed by atoms with E-state index in [-0.39, 0.29) is 0 Å². The molecule has 0 radical (unpaired) electrons. The quantitative estimate of drug-likeness (QED) is 0.157. The minimum absolute atomic E-state index is 0.328. The van der Waals surface area contributed by atoms with Gasteiger partial charge in [0.1, 0.15) is 0 Å². The maximum absolute atomic E-state index is 10.4. The van der Waals surface area contributed by atoms with Gasteiger partial charge in [0, 0.05) is 6.42 Å². The van der Waals surface area contributed by atoms with Crippen LogP contribution in [0.4, 0.5) is 0 Å². The zero-order valence-corrected chi connectivity index (χ0v) is 18.5. The molecule has 0 aromatic heterocycles. The second-order valence-corrected chi connectivity index (χ2v) is 7.85. The summed E-state index contributed by atoms with van der Waals surface area (Å²) >= 11 is 0. The van der Waals surface area contributed by atoms with Crippen LogP contribution in [0.15, 0.2) is 36.5 Å². The highest BCUT2D eigenvalue weighted by molar-refractivity contribution is 5.66. The Morgan fingerprint density at radius 2 is 0.964 bits per heavy atom. The number of unbranched alkanes of at least 4 members (excludes halogenated alkanes) is 13. The molecule has 0 amide bonds. The third-order valence-electron chi connectivity index (χ3n) is 5.03. The Balaban J connectivity index is 3.25. The molecular formula is C26H46O2. The molecule has 0 atom stereocenters. The van der Waals surface area contributed by atoms with Crippen molar-refractivity contribution in [3.05, 3.63) is 36.5 Å². The Labute approximate surface area is 175 Å². The molecule has 2 heteroatoms. The zero-order chi connectivity index (χ0) is 20.5. The van der Waals surface area contributed by atoms with E-state index >= 15 is 0 Å². The summed E-state index contributed by atoms with van der Waals surface area (Å²) in [6.07, 6.45) is 35.1. The second kappa shape index (κ2) is 23.7. The number of carboxylic acids is 1. The molecule has 0 unspecified atom stereocenters. The molecule has 0 saturated heterocycles. The van der Waals surface area contributed by atoms with Crippen LogP contribution < -0.4 is 0 Å². The third-order valence-corrected chi connectivity index (χ3v) is 5.03. The molecule has 0 saturated carbocycles. The molecule has 0 aromatic rings. The van der Waals surface area contributed by atoms with Gasteiger partial charge in [-0.3, -0.25) is 4.79 Å². The summed E-state index contributed by atoms with van der Waals surface area (Å²) in [5, 5.41) is 8.57. The van der Waals surface area contributed by atoms with Gasteiger partial charge in [0.25, 0.3) is 0 Å². The number of hydrogen-bond acceptors (Lipinski definition) is 1. The molecule has 162 valence electrons. The molecule has 0 aliphatic carbocycles. The fraction of sp³-hybridized carbons (Fsp3) is 0.731. The van der Waals surface area contributed by atoms with E-state index < -0.39 is 5.97 Å². The SMILES string of the molecule is CCCCCCCCC=CCC=CCC=CCCCCCCCCCC(=O)O. The van der Waals surface area contributed by atoms with Crippen LogP contribution in [0.2, 0.25) is 0 Å². The summed E-state index contributed by atoms with van der Waals surface area (Å²) in [7, 11) is 0. The van der Waals surface area contributed by atoms with Crippen molar-refractivity contribution in [2.75, 3.05) is 0 Å². The molecule has 0 spiro atoms. The van der Waals surface area contributed by atoms with Gasteiger partial charge in [-0.25, -0.2) is 0 Å². The summed E-state index contributed by atoms with van der Waals surface area (Å²) in [4.78, 5) is 10.4. The zero-order valence-electron chi connectivity index (χ0n) is 18.5. The van der Waals surface area contributed by atoms with Gasteiger partial charge in [0.15, 0.2) is 0 Å². The van der Waals surface area contributed by atoms with E-state index in [1.807, 2.05) is 0 Å². The van der Waals surface area contributed by atoms with Gasteiger partial charge in [0.2, 0.25) is 0 Å². The van der Waals surface area contributed by atoms with Crippen LogP contribution in [-0.4, -0.2) is 11.1 Å². The van der Waals surface area contributed by atoms with Gasteiger partial charge in [-0.15, -0.1) is 0 Å². The molecule has 0 rings (SSSR count). The van der Waals surface area contributed by atoms with Crippen molar-refractivity contribution in [1.82, 2.24) is 0 Å². The number of allylic oxidation sites excluding steroid dienone is 6. The van der Waals surface area contributed by atoms with Crippen LogP contribution in [0.1, 0.15) is 122 Å². The van der Waals surface area contributed by atoms with Crippen LogP contribution >= 0.6 is 0 Å². The van der Waals surface area contributed by atoms with E-state index in [2.05, 4.69) is 43.4 Å². The lowest BCUT2D eigenvalue weighted by Crippen LogP contribution is -1.93. The Hall–Kier alpha value is -1.31. The van der Waals surface area contributed by atoms with Gasteiger partial charge >= 0.3 is 5.97 Å². The van der Waals surface area contributed by atoms with Gasteiger partial charge in [-0.2, -0.15) is 0 Å². The lowest BCUT2D eigenvalue weighted by molar-refractivity contribution is -0.137. The first-order chi connectivity index (χ1) is 13.8. The van der Waals surface area contributed by atoms with Crippen LogP contribution in [0.5, 0.6) is 0 Å². The van der Waals surface area contributed by atoms with E-state index in [1.165, 1.54) is 83.5 Å². The first kappa shape index (κ1) is 26.7. The summed E-state index contributed by atoms with van der Waals surface area (Å²) < 4.78 is 0. The third kappa shape index (κ3) is 24.7. The average Bonchev–Trinajstić information content (AvgIpc) is 2.68. The smallest absolute Gasteiger partial charge is 0.303 e. The predicted octanol–water partition coefficient (Wildman–Crippen LogP) is 8.78. The molecule has 0 fully saturated rings. The second-order valence-electron chi connectivity index (χ2n) is 7.85. The maximum atomic E-state index is 10.4. The van der Waals surface area contributed by atoms with Crippen LogP contribution in [-0.2, 0) is 4.79 Å². The molecule has 0 aliphatic heterocycles. The maximum Gasteiger partial charge on any atom is 0.303 e. The van der Waals surface area contributed by atoms with Crippen molar-refractivity contribution in [3.8, 4) is 0 Å². The van der Waals surface area contributed by atoms with E-state index in [9.17, 15) is 4.79 Å². The highest BCUT2D eigenvalue weighted by Crippen LogP contribution is 2.10. The van der Waals surface area contributed by atoms with Gasteiger partial charge in [0.05, 0.1) is 0 Å². The highest BCUT2D eigenvalue weighted by Gasteiger charge is 1.96. The molecule has 1 N–H and O–H groups in total. The summed E-state index contributed by atoms with van der Waals surface area (Å²) in [6.45, 7) is 2.27. The topological polar surface area (TPSA) is 37.3 Å². The largest absolute Gasteiger partial charge is 0.481 e. The molecule has 0 aliphatic rings. The van der Waals surface area contributed by atoms with Gasteiger partial charge in [-0.1, -0.05) is 108 Å². The monoisotopic (exact) mass is 390 g/mol. The fourth-order valence-corrected chi connectivity index (χ4v) is 3.24. The molecule has 0 heterocycles. The lowest BCUT2D eigenvalue weighted by Gasteiger charge is -2.00. The van der Waals surface area contributed by atoms with Gasteiger partial charge in [-0.05, 0) is 44.9 Å². The van der Waals surface area contributed by atoms with Crippen molar-refractivity contribution in [2.45, 2.75) is 122 Å². The summed E-state index contributed by atoms with van der Waals surface area (Å²) in [5.74, 6) is -0.665. The number of carbonyl (C=O) groups is 1. The molecule has 2 nitrogen and oxygen atoms in total. The van der Waals surface area contributed by atoms with E-state index in [4.69, 9.17) is 5.11 Å². The summed E-state index contributed by atoms with van der Waals surface area (Å²) in [5.41, 5.74) is 0. The number of rotatable bonds is 21. The number of hydrogen-bond donors (Lipinski definition) is 1. The van der Waals surface area contributed by atoms with Crippen molar-refractivity contribution in [1.29, 1.82) is 0 Å². The van der Waals surface area contributed by atoms with Crippen molar-refractivity contribution >= 4 is 5.97 Å². The Morgan fingerprint density at radius 3 is 1.43 bits per heavy atom. The van der Waals surface area contributed by atoms with E-state index in [0.29, 0.717) is 6.42 Å². The minimum atomic E-state index is -0.665. The van der Waals surface area contributed by atoms with Crippen molar-refractivity contribution < 1.29 is 9.90 Å². The normalized spacial score (nSPS) is 12.0. The molecule has 0 bridgehead atoms. The number of carboxylic acid groups (broad SMARTS) is 1. The van der Waals surface area contributed by atoms with E-state index in [0.717, 1.165) is 25.7 Å². The predicted molar refractivity (Wildman–Crippen MR) is 124 cm³/mol. The van der Waals surface area contributed by atoms with Crippen LogP contribution in [0, 0.1) is 0 Å². The van der Waals surface area contributed by atoms with Crippen molar-refractivity contribution in [3.63, 3.8) is 0 Å². The Kier molecular flexibility index (Phi) is 22.6. The fourth-order valence-electron chi connectivity index (χ4n) is 3.24. The Morgan fingerprint density at radius 1 is 0.571 bits per heavy atom. The van der Waals surface area contributed by atoms with Crippen molar-refractivity contribution in [2.24, 2.45) is 0 Å². The summed E-state index contributed by atoms with van der Waals surface area (Å²) in [6, 6.07) is 0. The first-order valence-corrected chi connectivity index (χ1v) is 11.9. The molecule has 0 aromatic carbocycles.